The van der Waals surface area contributed by atoms with Crippen LogP contribution in [-0.2, 0) is 14.3 Å². The van der Waals surface area contributed by atoms with E-state index >= 15 is 0 Å². The number of hydrogen-bond donors (Lipinski definition) is 1. The number of anilines is 2. The highest BCUT2D eigenvalue weighted by atomic mass is 16.5. The Bertz CT molecular complexity index is 886. The SMILES string of the molecule is COc1cccc(/C=C/C(=O)O[C@@H](C)C(=O)Nc2ccc(N3CCCCC3)cc2)c1. The molecule has 1 aliphatic heterocycles. The Hall–Kier alpha value is -3.28. The summed E-state index contributed by atoms with van der Waals surface area (Å²) in [5, 5.41) is 2.79. The van der Waals surface area contributed by atoms with Gasteiger partial charge in [0.25, 0.3) is 5.91 Å². The number of rotatable bonds is 7. The Kier molecular flexibility index (Phi) is 7.49. The fourth-order valence-electron chi connectivity index (χ4n) is 3.33. The highest BCUT2D eigenvalue weighted by Gasteiger charge is 2.17. The lowest BCUT2D eigenvalue weighted by Gasteiger charge is -2.28. The topological polar surface area (TPSA) is 67.9 Å². The van der Waals surface area contributed by atoms with Gasteiger partial charge in [0.05, 0.1) is 7.11 Å². The van der Waals surface area contributed by atoms with Crippen LogP contribution in [0.1, 0.15) is 31.7 Å². The van der Waals surface area contributed by atoms with Crippen molar-refractivity contribution in [3.8, 4) is 5.75 Å². The van der Waals surface area contributed by atoms with Gasteiger partial charge in [-0.05, 0) is 74.2 Å². The molecule has 158 valence electrons. The lowest BCUT2D eigenvalue weighted by atomic mass is 10.1. The van der Waals surface area contributed by atoms with Gasteiger partial charge < -0.3 is 19.7 Å². The molecular formula is C24H28N2O4. The van der Waals surface area contributed by atoms with E-state index in [0.29, 0.717) is 11.4 Å². The molecule has 1 amide bonds. The van der Waals surface area contributed by atoms with Crippen molar-refractivity contribution < 1.29 is 19.1 Å². The van der Waals surface area contributed by atoms with Crippen LogP contribution in [0.3, 0.4) is 0 Å². The van der Waals surface area contributed by atoms with Crippen molar-refractivity contribution in [2.24, 2.45) is 0 Å². The minimum Gasteiger partial charge on any atom is -0.497 e. The third-order valence-corrected chi connectivity index (χ3v) is 5.02. The molecule has 0 bridgehead atoms. The van der Waals surface area contributed by atoms with Crippen LogP contribution in [0.15, 0.2) is 54.6 Å². The highest BCUT2D eigenvalue weighted by Crippen LogP contribution is 2.22. The van der Waals surface area contributed by atoms with Gasteiger partial charge in [-0.15, -0.1) is 0 Å². The Labute approximate surface area is 177 Å². The van der Waals surface area contributed by atoms with E-state index < -0.39 is 12.1 Å². The van der Waals surface area contributed by atoms with Crippen LogP contribution in [0, 0.1) is 0 Å². The van der Waals surface area contributed by atoms with Gasteiger partial charge in [-0.2, -0.15) is 0 Å². The van der Waals surface area contributed by atoms with Gasteiger partial charge in [0.2, 0.25) is 0 Å². The summed E-state index contributed by atoms with van der Waals surface area (Å²) in [4.78, 5) is 26.7. The maximum atomic E-state index is 12.4. The number of carbonyl (C=O) groups excluding carboxylic acids is 2. The first kappa shape index (κ1) is 21.4. The number of ether oxygens (including phenoxy) is 2. The molecule has 2 aromatic carbocycles. The fourth-order valence-corrected chi connectivity index (χ4v) is 3.33. The number of benzene rings is 2. The molecule has 1 saturated heterocycles. The number of carbonyl (C=O) groups is 2. The minimum atomic E-state index is -0.908. The summed E-state index contributed by atoms with van der Waals surface area (Å²) in [5.41, 5.74) is 2.64. The van der Waals surface area contributed by atoms with Gasteiger partial charge in [0.15, 0.2) is 6.10 Å². The predicted molar refractivity (Wildman–Crippen MR) is 119 cm³/mol. The molecule has 6 nitrogen and oxygen atoms in total. The van der Waals surface area contributed by atoms with Gasteiger partial charge in [-0.1, -0.05) is 12.1 Å². The summed E-state index contributed by atoms with van der Waals surface area (Å²) in [6.07, 6.45) is 5.73. The third kappa shape index (κ3) is 6.11. The molecule has 30 heavy (non-hydrogen) atoms. The summed E-state index contributed by atoms with van der Waals surface area (Å²) in [5.74, 6) is -0.255. The Morgan fingerprint density at radius 2 is 1.80 bits per heavy atom. The van der Waals surface area contributed by atoms with Crippen LogP contribution in [0.2, 0.25) is 0 Å². The molecule has 1 heterocycles. The lowest BCUT2D eigenvalue weighted by Crippen LogP contribution is -2.30. The predicted octanol–water partition coefficient (Wildman–Crippen LogP) is 4.27. The largest absolute Gasteiger partial charge is 0.497 e. The second-order valence-corrected chi connectivity index (χ2v) is 7.27. The number of methoxy groups -OCH3 is 1. The van der Waals surface area contributed by atoms with Gasteiger partial charge >= 0.3 is 5.97 Å². The van der Waals surface area contributed by atoms with Crippen molar-refractivity contribution in [3.05, 3.63) is 60.2 Å². The van der Waals surface area contributed by atoms with Crippen molar-refractivity contribution >= 4 is 29.3 Å². The number of hydrogen-bond acceptors (Lipinski definition) is 5. The molecule has 0 spiro atoms. The molecule has 2 aromatic rings. The molecule has 6 heteroatoms. The Morgan fingerprint density at radius 3 is 2.50 bits per heavy atom. The summed E-state index contributed by atoms with van der Waals surface area (Å²) < 4.78 is 10.4. The zero-order valence-corrected chi connectivity index (χ0v) is 17.5. The average Bonchev–Trinajstić information content (AvgIpc) is 2.79. The van der Waals surface area contributed by atoms with Crippen LogP contribution in [0.5, 0.6) is 5.75 Å². The molecule has 1 N–H and O–H groups in total. The Balaban J connectivity index is 1.50. The smallest absolute Gasteiger partial charge is 0.331 e. The number of nitrogens with zero attached hydrogens (tertiary/aromatic N) is 1. The highest BCUT2D eigenvalue weighted by molar-refractivity contribution is 5.96. The van der Waals surface area contributed by atoms with Crippen molar-refractivity contribution in [2.75, 3.05) is 30.4 Å². The van der Waals surface area contributed by atoms with E-state index in [1.165, 1.54) is 25.3 Å². The van der Waals surface area contributed by atoms with Crippen LogP contribution in [-0.4, -0.2) is 38.2 Å². The normalized spacial score (nSPS) is 14.9. The van der Waals surface area contributed by atoms with Gasteiger partial charge in [-0.3, -0.25) is 4.79 Å². The van der Waals surface area contributed by atoms with E-state index in [9.17, 15) is 9.59 Å². The number of amides is 1. The van der Waals surface area contributed by atoms with Crippen molar-refractivity contribution in [1.29, 1.82) is 0 Å². The van der Waals surface area contributed by atoms with Gasteiger partial charge in [-0.25, -0.2) is 4.79 Å². The first-order valence-corrected chi connectivity index (χ1v) is 10.2. The first-order valence-electron chi connectivity index (χ1n) is 10.2. The quantitative estimate of drug-likeness (QED) is 0.547. The number of piperidine rings is 1. The summed E-state index contributed by atoms with van der Waals surface area (Å²) in [6.45, 7) is 3.69. The maximum Gasteiger partial charge on any atom is 0.331 e. The van der Waals surface area contributed by atoms with Crippen molar-refractivity contribution in [3.63, 3.8) is 0 Å². The average molecular weight is 408 g/mol. The third-order valence-electron chi connectivity index (χ3n) is 5.02. The van der Waals surface area contributed by atoms with Gasteiger partial charge in [0.1, 0.15) is 5.75 Å². The molecule has 0 saturated carbocycles. The first-order chi connectivity index (χ1) is 14.5. The molecular weight excluding hydrogens is 380 g/mol. The maximum absolute atomic E-state index is 12.4. The molecule has 1 atom stereocenters. The molecule has 1 aliphatic rings. The van der Waals surface area contributed by atoms with E-state index in [1.807, 2.05) is 42.5 Å². The molecule has 0 unspecified atom stereocenters. The van der Waals surface area contributed by atoms with E-state index in [2.05, 4.69) is 10.2 Å². The zero-order chi connectivity index (χ0) is 21.3. The Morgan fingerprint density at radius 1 is 1.07 bits per heavy atom. The summed E-state index contributed by atoms with van der Waals surface area (Å²) >= 11 is 0. The molecule has 0 aromatic heterocycles. The van der Waals surface area contributed by atoms with Crippen LogP contribution in [0.4, 0.5) is 11.4 Å². The monoisotopic (exact) mass is 408 g/mol. The van der Waals surface area contributed by atoms with E-state index in [1.54, 1.807) is 26.2 Å². The van der Waals surface area contributed by atoms with Crippen molar-refractivity contribution in [2.45, 2.75) is 32.3 Å². The van der Waals surface area contributed by atoms with Crippen molar-refractivity contribution in [1.82, 2.24) is 0 Å². The summed E-state index contributed by atoms with van der Waals surface area (Å²) in [7, 11) is 1.58. The number of esters is 1. The van der Waals surface area contributed by atoms with Crippen LogP contribution in [0.25, 0.3) is 6.08 Å². The minimum absolute atomic E-state index is 0.371. The van der Waals surface area contributed by atoms with E-state index in [-0.39, 0.29) is 5.91 Å². The zero-order valence-electron chi connectivity index (χ0n) is 17.5. The van der Waals surface area contributed by atoms with Crippen LogP contribution >= 0.6 is 0 Å². The van der Waals surface area contributed by atoms with Crippen LogP contribution < -0.4 is 15.0 Å². The second-order valence-electron chi connectivity index (χ2n) is 7.27. The van der Waals surface area contributed by atoms with E-state index in [0.717, 1.165) is 24.3 Å². The van der Waals surface area contributed by atoms with Gasteiger partial charge in [0, 0.05) is 30.5 Å². The number of nitrogens with one attached hydrogen (secondary N) is 1. The fraction of sp³-hybridized carbons (Fsp3) is 0.333. The van der Waals surface area contributed by atoms with E-state index in [4.69, 9.17) is 9.47 Å². The molecule has 3 rings (SSSR count). The second kappa shape index (κ2) is 10.5. The summed E-state index contributed by atoms with van der Waals surface area (Å²) in [6, 6.07) is 15.1. The lowest BCUT2D eigenvalue weighted by molar-refractivity contribution is -0.148. The molecule has 0 radical (unpaired) electrons. The molecule has 1 fully saturated rings. The standard InChI is InChI=1S/C24H28N2O4/c1-18(30-23(27)14-9-19-7-6-8-22(17-19)29-2)24(28)25-20-10-12-21(13-11-20)26-15-4-3-5-16-26/h6-14,17-18H,3-5,15-16H2,1-2H3,(H,25,28)/b14-9+/t18-/m0/s1. The molecule has 0 aliphatic carbocycles.